The predicted molar refractivity (Wildman–Crippen MR) is 71.4 cm³/mol. The van der Waals surface area contributed by atoms with Crippen LogP contribution in [0.1, 0.15) is 11.1 Å². The molecule has 0 aliphatic heterocycles. The zero-order chi connectivity index (χ0) is 11.4. The van der Waals surface area contributed by atoms with Crippen molar-refractivity contribution in [1.82, 2.24) is 0 Å². The molecule has 2 aromatic heterocycles. The van der Waals surface area contributed by atoms with Gasteiger partial charge in [0.2, 0.25) is 0 Å². The molecule has 0 bridgehead atoms. The molecule has 0 atom stereocenters. The first-order valence-corrected chi connectivity index (χ1v) is 6.50. The van der Waals surface area contributed by atoms with E-state index in [1.165, 1.54) is 4.88 Å². The van der Waals surface area contributed by atoms with Gasteiger partial charge in [0.1, 0.15) is 0 Å². The van der Waals surface area contributed by atoms with Crippen LogP contribution in [0.2, 0.25) is 0 Å². The molecule has 1 nitrogen and oxygen atoms in total. The van der Waals surface area contributed by atoms with Gasteiger partial charge < -0.3 is 5.11 Å². The van der Waals surface area contributed by atoms with Gasteiger partial charge in [-0.15, -0.1) is 29.1 Å². The highest BCUT2D eigenvalue weighted by Crippen LogP contribution is 2.36. The molecule has 3 heteroatoms. The van der Waals surface area contributed by atoms with E-state index in [1.807, 2.05) is 22.9 Å². The fraction of sp³-hybridized carbons (Fsp3) is 0.0769. The highest BCUT2D eigenvalue weighted by molar-refractivity contribution is 7.20. The van der Waals surface area contributed by atoms with Crippen molar-refractivity contribution in [1.29, 1.82) is 0 Å². The van der Waals surface area contributed by atoms with Gasteiger partial charge in [-0.3, -0.25) is 0 Å². The Morgan fingerprint density at radius 2 is 2.31 bits per heavy atom. The lowest BCUT2D eigenvalue weighted by Crippen LogP contribution is -1.85. The molecular weight excluding hydrogens is 236 g/mol. The second kappa shape index (κ2) is 5.13. The van der Waals surface area contributed by atoms with Gasteiger partial charge in [0.15, 0.2) is 0 Å². The Bertz CT molecular complexity index is 527. The van der Waals surface area contributed by atoms with Gasteiger partial charge in [0.25, 0.3) is 0 Å². The lowest BCUT2D eigenvalue weighted by atomic mass is 10.1. The minimum absolute atomic E-state index is 0.0426. The first-order valence-electron chi connectivity index (χ1n) is 4.74. The van der Waals surface area contributed by atoms with Gasteiger partial charge in [-0.25, -0.2) is 0 Å². The SMILES string of the molecule is C#CC=Cc1csc(-c2cccs2)c1CO. The van der Waals surface area contributed by atoms with E-state index in [2.05, 4.69) is 12.0 Å². The van der Waals surface area contributed by atoms with Gasteiger partial charge >= 0.3 is 0 Å². The molecule has 0 amide bonds. The van der Waals surface area contributed by atoms with Gasteiger partial charge in [0.05, 0.1) is 11.5 Å². The van der Waals surface area contributed by atoms with E-state index in [-0.39, 0.29) is 6.61 Å². The van der Waals surface area contributed by atoms with Crippen molar-refractivity contribution < 1.29 is 5.11 Å². The molecule has 0 spiro atoms. The van der Waals surface area contributed by atoms with Crippen molar-refractivity contribution in [2.75, 3.05) is 0 Å². The summed E-state index contributed by atoms with van der Waals surface area (Å²) < 4.78 is 0. The maximum absolute atomic E-state index is 9.41. The van der Waals surface area contributed by atoms with E-state index < -0.39 is 0 Å². The number of terminal acetylenes is 1. The largest absolute Gasteiger partial charge is 0.392 e. The molecule has 2 heterocycles. The second-order valence-electron chi connectivity index (χ2n) is 3.13. The third-order valence-electron chi connectivity index (χ3n) is 2.19. The van der Waals surface area contributed by atoms with Crippen LogP contribution in [0.3, 0.4) is 0 Å². The van der Waals surface area contributed by atoms with E-state index in [0.717, 1.165) is 16.0 Å². The summed E-state index contributed by atoms with van der Waals surface area (Å²) >= 11 is 3.32. The Labute approximate surface area is 103 Å². The highest BCUT2D eigenvalue weighted by atomic mass is 32.1. The molecule has 0 aliphatic carbocycles. The number of hydrogen-bond acceptors (Lipinski definition) is 3. The Kier molecular flexibility index (Phi) is 3.58. The molecule has 2 rings (SSSR count). The third kappa shape index (κ3) is 2.10. The summed E-state index contributed by atoms with van der Waals surface area (Å²) in [7, 11) is 0. The van der Waals surface area contributed by atoms with Gasteiger partial charge in [-0.05, 0) is 34.5 Å². The quantitative estimate of drug-likeness (QED) is 0.820. The van der Waals surface area contributed by atoms with Crippen LogP contribution in [0.25, 0.3) is 15.8 Å². The molecule has 0 aromatic carbocycles. The van der Waals surface area contributed by atoms with Gasteiger partial charge in [-0.2, -0.15) is 0 Å². The number of aliphatic hydroxyl groups is 1. The zero-order valence-electron chi connectivity index (χ0n) is 8.51. The monoisotopic (exact) mass is 246 g/mol. The average molecular weight is 246 g/mol. The van der Waals surface area contributed by atoms with Crippen molar-refractivity contribution in [2.45, 2.75) is 6.61 Å². The lowest BCUT2D eigenvalue weighted by Gasteiger charge is -1.99. The van der Waals surface area contributed by atoms with Crippen molar-refractivity contribution in [3.63, 3.8) is 0 Å². The van der Waals surface area contributed by atoms with Crippen LogP contribution < -0.4 is 0 Å². The number of allylic oxidation sites excluding steroid dienone is 1. The molecule has 2 aromatic rings. The second-order valence-corrected chi connectivity index (χ2v) is 4.96. The minimum atomic E-state index is 0.0426. The smallest absolute Gasteiger partial charge is 0.0702 e. The minimum Gasteiger partial charge on any atom is -0.392 e. The summed E-state index contributed by atoms with van der Waals surface area (Å²) in [6, 6.07) is 4.07. The average Bonchev–Trinajstić information content (AvgIpc) is 2.94. The topological polar surface area (TPSA) is 20.2 Å². The van der Waals surface area contributed by atoms with Gasteiger partial charge in [0, 0.05) is 10.4 Å². The van der Waals surface area contributed by atoms with Crippen molar-refractivity contribution in [3.05, 3.63) is 40.1 Å². The summed E-state index contributed by atoms with van der Waals surface area (Å²) in [6.07, 6.45) is 8.69. The Morgan fingerprint density at radius 3 is 2.94 bits per heavy atom. The molecule has 0 saturated carbocycles. The number of hydrogen-bond donors (Lipinski definition) is 1. The van der Waals surface area contributed by atoms with Crippen LogP contribution in [0.5, 0.6) is 0 Å². The maximum atomic E-state index is 9.41. The summed E-state index contributed by atoms with van der Waals surface area (Å²) in [6.45, 7) is 0.0426. The molecule has 80 valence electrons. The summed E-state index contributed by atoms with van der Waals surface area (Å²) in [5.74, 6) is 2.46. The summed E-state index contributed by atoms with van der Waals surface area (Å²) in [5, 5.41) is 13.5. The molecule has 16 heavy (non-hydrogen) atoms. The van der Waals surface area contributed by atoms with E-state index >= 15 is 0 Å². The number of aliphatic hydroxyl groups excluding tert-OH is 1. The first-order chi connectivity index (χ1) is 7.86. The molecule has 1 N–H and O–H groups in total. The molecular formula is C13H10OS2. The van der Waals surface area contributed by atoms with E-state index in [0.29, 0.717) is 0 Å². The van der Waals surface area contributed by atoms with Crippen molar-refractivity contribution in [3.8, 4) is 22.1 Å². The van der Waals surface area contributed by atoms with Crippen LogP contribution in [0, 0.1) is 12.3 Å². The van der Waals surface area contributed by atoms with Crippen LogP contribution in [0.15, 0.2) is 29.0 Å². The normalized spacial score (nSPS) is 10.8. The molecule has 0 aliphatic rings. The predicted octanol–water partition coefficient (Wildman–Crippen LogP) is 3.62. The molecule has 0 unspecified atom stereocenters. The van der Waals surface area contributed by atoms with E-state index in [4.69, 9.17) is 6.42 Å². The molecule has 0 saturated heterocycles. The van der Waals surface area contributed by atoms with Crippen LogP contribution >= 0.6 is 22.7 Å². The zero-order valence-corrected chi connectivity index (χ0v) is 10.1. The number of rotatable bonds is 3. The van der Waals surface area contributed by atoms with Crippen LogP contribution in [0.4, 0.5) is 0 Å². The van der Waals surface area contributed by atoms with Crippen LogP contribution in [-0.2, 0) is 6.61 Å². The van der Waals surface area contributed by atoms with E-state index in [9.17, 15) is 5.11 Å². The van der Waals surface area contributed by atoms with Crippen molar-refractivity contribution >= 4 is 28.7 Å². The number of thiophene rings is 2. The Hall–Kier alpha value is -1.34. The van der Waals surface area contributed by atoms with E-state index in [1.54, 1.807) is 28.7 Å². The Morgan fingerprint density at radius 1 is 1.44 bits per heavy atom. The summed E-state index contributed by atoms with van der Waals surface area (Å²) in [5.41, 5.74) is 1.97. The fourth-order valence-electron chi connectivity index (χ4n) is 1.45. The molecule has 0 fully saturated rings. The maximum Gasteiger partial charge on any atom is 0.0702 e. The van der Waals surface area contributed by atoms with Gasteiger partial charge in [-0.1, -0.05) is 12.0 Å². The fourth-order valence-corrected chi connectivity index (χ4v) is 3.41. The third-order valence-corrected chi connectivity index (χ3v) is 4.28. The highest BCUT2D eigenvalue weighted by Gasteiger charge is 2.11. The molecule has 0 radical (unpaired) electrons. The lowest BCUT2D eigenvalue weighted by molar-refractivity contribution is 0.282. The van der Waals surface area contributed by atoms with Crippen LogP contribution in [-0.4, -0.2) is 5.11 Å². The standard InChI is InChI=1S/C13H10OS2/c1-2-3-5-10-9-16-13(11(10)8-14)12-6-4-7-15-12/h1,3-7,9,14H,8H2. The van der Waals surface area contributed by atoms with Crippen molar-refractivity contribution in [2.24, 2.45) is 0 Å². The first kappa shape index (κ1) is 11.2. The summed E-state index contributed by atoms with van der Waals surface area (Å²) in [4.78, 5) is 2.32. The Balaban J connectivity index is 2.45.